The Balaban J connectivity index is 1.11. The maximum atomic E-state index is 14.6. The summed E-state index contributed by atoms with van der Waals surface area (Å²) in [5, 5.41) is 4.00. The molecule has 6 aliphatic heterocycles. The van der Waals surface area contributed by atoms with Crippen molar-refractivity contribution in [1.82, 2.24) is 9.80 Å². The molecule has 35 heteroatoms. The van der Waals surface area contributed by atoms with Crippen molar-refractivity contribution in [2.24, 2.45) is 34.7 Å². The van der Waals surface area contributed by atoms with Gasteiger partial charge in [0.25, 0.3) is 0 Å². The van der Waals surface area contributed by atoms with Gasteiger partial charge in [0.05, 0.1) is 13.7 Å². The fraction of sp³-hybridized carbons (Fsp3) is 0.743. The van der Waals surface area contributed by atoms with Crippen LogP contribution in [0.5, 0.6) is 0 Å². The molecule has 2 aromatic rings. The molecule has 0 spiro atoms. The summed E-state index contributed by atoms with van der Waals surface area (Å²) >= 11 is 0. The van der Waals surface area contributed by atoms with Crippen LogP contribution in [0.4, 0.5) is 4.79 Å². The molecule has 2 radical (unpaired) electrons. The number of amides is 1. The molecule has 0 aromatic heterocycles. The molecule has 574 valence electrons. The number of nitrogens with zero attached hydrogens (tertiary/aromatic N) is 5. The number of esters is 5. The summed E-state index contributed by atoms with van der Waals surface area (Å²) in [7, 11) is 4.14. The SMILES string of the molecule is CC[C@H](C)C1O[C@H](O[C@H]2C([C@H]3COC(C)(C)O3)O[C@@](OCC3CCC(CCN(Cc4ccccc4)C(=O)OCc4ccccc4)CN3C)(C(=O)OC)C[C@H]2C)C(OC(C)=O)[C@@H](O[C@H]2O[C@@H]([C@@H](C)CC)[C@@H](P[B]B=O)C(C)C2O[C@H]2OC(COC(C)=O)[C@@H](OC(C)=O)C(OC(C)=O)[C@H]2N=[N+]=[N-])[C@@H]1P[B]B=O. The van der Waals surface area contributed by atoms with Gasteiger partial charge in [-0.15, -0.1) is 0 Å². The van der Waals surface area contributed by atoms with E-state index in [-0.39, 0.29) is 67.0 Å². The van der Waals surface area contributed by atoms with Crippen molar-refractivity contribution in [1.29, 1.82) is 0 Å². The molecular weight excluding hydrogens is 1400 g/mol. The molecule has 105 heavy (non-hydrogen) atoms. The van der Waals surface area contributed by atoms with E-state index in [0.29, 0.717) is 59.4 Å². The first-order valence-electron chi connectivity index (χ1n) is 36.3. The molecule has 26 atom stereocenters. The first-order chi connectivity index (χ1) is 50.2. The predicted octanol–water partition coefficient (Wildman–Crippen LogP) is 7.75. The number of likely N-dealkylation sites (N-methyl/N-ethyl adjacent to an activating group) is 1. The quantitative estimate of drug-likeness (QED) is 0.0123. The van der Waals surface area contributed by atoms with E-state index < -0.39 is 169 Å². The number of ether oxygens (including phenoxy) is 16. The second-order valence-electron chi connectivity index (χ2n) is 28.6. The molecule has 1 amide bonds. The van der Waals surface area contributed by atoms with E-state index in [1.807, 2.05) is 109 Å². The normalized spacial score (nSPS) is 33.9. The number of piperidine rings is 1. The minimum absolute atomic E-state index is 0.0173. The van der Waals surface area contributed by atoms with Crippen LogP contribution >= 0.6 is 16.9 Å². The average molecular weight is 1500 g/mol. The van der Waals surface area contributed by atoms with Gasteiger partial charge < -0.3 is 19.3 Å². The number of hydrogen-bond acceptors (Lipinski definition) is 26. The number of carbonyl (C=O) groups excluding carboxylic acids is 6. The van der Waals surface area contributed by atoms with E-state index >= 15 is 0 Å². The Morgan fingerprint density at radius 3 is 1.87 bits per heavy atom. The van der Waals surface area contributed by atoms with Crippen LogP contribution in [0.15, 0.2) is 65.8 Å². The Labute approximate surface area is 621 Å². The van der Waals surface area contributed by atoms with Crippen molar-refractivity contribution in [2.45, 2.75) is 256 Å². The van der Waals surface area contributed by atoms with Crippen LogP contribution in [0.3, 0.4) is 0 Å². The van der Waals surface area contributed by atoms with Gasteiger partial charge in [-0.05, 0) is 57.2 Å². The van der Waals surface area contributed by atoms with Crippen LogP contribution in [-0.4, -0.2) is 242 Å². The number of methoxy groups -OCH3 is 1. The van der Waals surface area contributed by atoms with Crippen LogP contribution in [0.2, 0.25) is 0 Å². The van der Waals surface area contributed by atoms with Gasteiger partial charge in [-0.25, -0.2) is 9.59 Å². The summed E-state index contributed by atoms with van der Waals surface area (Å²) in [5.41, 5.74) is 10.8. The van der Waals surface area contributed by atoms with Crippen molar-refractivity contribution < 1.29 is 114 Å². The van der Waals surface area contributed by atoms with Gasteiger partial charge in [-0.3, -0.25) is 9.59 Å². The van der Waals surface area contributed by atoms with E-state index in [9.17, 15) is 43.7 Å². The van der Waals surface area contributed by atoms with E-state index in [0.717, 1.165) is 38.3 Å². The van der Waals surface area contributed by atoms with E-state index in [1.54, 1.807) is 18.7 Å². The molecule has 11 unspecified atom stereocenters. The maximum absolute atomic E-state index is 14.6. The Hall–Kier alpha value is -5.35. The van der Waals surface area contributed by atoms with Gasteiger partial charge in [0.1, 0.15) is 6.61 Å². The van der Waals surface area contributed by atoms with Crippen LogP contribution < -0.4 is 0 Å². The van der Waals surface area contributed by atoms with Gasteiger partial charge in [-0.2, -0.15) is 0 Å². The van der Waals surface area contributed by atoms with E-state index in [1.165, 1.54) is 27.8 Å². The fourth-order valence-corrected chi connectivity index (χ4v) is 17.6. The second-order valence-corrected chi connectivity index (χ2v) is 31.2. The molecule has 6 fully saturated rings. The van der Waals surface area contributed by atoms with Crippen LogP contribution in [-0.2, 0) is 122 Å². The summed E-state index contributed by atoms with van der Waals surface area (Å²) in [6.45, 7) is 23.8. The Kier molecular flexibility index (Phi) is 32.8. The van der Waals surface area contributed by atoms with E-state index in [4.69, 9.17) is 75.8 Å². The fourth-order valence-electron chi connectivity index (χ4n) is 14.8. The van der Waals surface area contributed by atoms with Crippen molar-refractivity contribution in [3.63, 3.8) is 0 Å². The van der Waals surface area contributed by atoms with E-state index in [2.05, 4.69) is 14.9 Å². The summed E-state index contributed by atoms with van der Waals surface area (Å²) in [4.78, 5) is 87.4. The molecule has 0 N–H and O–H groups in total. The first-order valence-corrected chi connectivity index (χ1v) is 38.6. The van der Waals surface area contributed by atoms with Gasteiger partial charge >= 0.3 is 408 Å². The summed E-state index contributed by atoms with van der Waals surface area (Å²) in [6.07, 6.45) is -15.0. The van der Waals surface area contributed by atoms with Gasteiger partial charge in [0.2, 0.25) is 0 Å². The minimum atomic E-state index is -2.02. The average Bonchev–Trinajstić information content (AvgIpc) is 1.64. The third kappa shape index (κ3) is 22.9. The monoisotopic (exact) mass is 1500 g/mol. The molecular formula is C70H103B4N5O24P2. The van der Waals surface area contributed by atoms with Crippen LogP contribution in [0, 0.1) is 29.6 Å². The van der Waals surface area contributed by atoms with Crippen molar-refractivity contribution in [3.05, 3.63) is 82.2 Å². The number of rotatable bonds is 34. The van der Waals surface area contributed by atoms with Crippen LogP contribution in [0.25, 0.3) is 10.4 Å². The standard InChI is InChI=1S/C70H103B4N5O24P2/c1-15-38(3)54-62(104-73-71-86)41(6)56(100-64-52(76-77-75)59(94-44(9)82)57(93-43(8)81)50(96-64)36-89-42(7)80)65(98-54)101-60-61(95-45(10)83)66(99-55(39(4)16-2)63(60)105-74-72-87)97-53-40(5)31-70(67(84)88-14,103-58(53)51-37-91-69(11,12)102-51)92-35-49-28-27-47(32-78(49)13)29-30-79(33-46-23-19-17-20-24-46)68(85)90-34-48-25-21-18-22-26-48/h17-26,38-41,47,49-66,104-105H,15-16,27-37H2,1-14H3/t38-,39-,40+,41?,47?,49?,50?,51+,52+,53+,54-,55?,56?,57+,58?,59?,60+,61?,62-,63+,64+,65+,66-,70+/m0/s1. The number of hydrogen-bond donors (Lipinski definition) is 0. The zero-order valence-electron chi connectivity index (χ0n) is 62.6. The zero-order chi connectivity index (χ0) is 76.3. The number of azide groups is 1. The first kappa shape index (κ1) is 85.3. The van der Waals surface area contributed by atoms with Crippen molar-refractivity contribution in [3.8, 4) is 0 Å². The molecule has 6 saturated heterocycles. The zero-order valence-corrected chi connectivity index (χ0v) is 64.6. The Morgan fingerprint density at radius 1 is 0.714 bits per heavy atom. The molecule has 6 aliphatic rings. The molecule has 6 heterocycles. The number of likely N-dealkylation sites (tertiary alicyclic amines) is 1. The van der Waals surface area contributed by atoms with Gasteiger partial charge in [-0.1, -0.05) is 60.7 Å². The van der Waals surface area contributed by atoms with Crippen molar-refractivity contribution in [2.75, 3.05) is 47.1 Å². The molecule has 0 aliphatic carbocycles. The molecule has 8 rings (SSSR count). The van der Waals surface area contributed by atoms with Crippen molar-refractivity contribution >= 4 is 80.7 Å². The van der Waals surface area contributed by atoms with Crippen LogP contribution in [0.1, 0.15) is 133 Å². The summed E-state index contributed by atoms with van der Waals surface area (Å²) in [5.74, 6) is -8.73. The third-order valence-corrected chi connectivity index (χ3v) is 23.4. The van der Waals surface area contributed by atoms with Gasteiger partial charge in [0.15, 0.2) is 0 Å². The number of carbonyl (C=O) groups is 6. The molecule has 2 aromatic carbocycles. The predicted molar refractivity (Wildman–Crippen MR) is 385 cm³/mol. The Bertz CT molecular complexity index is 3240. The Morgan fingerprint density at radius 2 is 1.30 bits per heavy atom. The topological polar surface area (TPSA) is 339 Å². The summed E-state index contributed by atoms with van der Waals surface area (Å²) in [6, 6.07) is 17.6. The second kappa shape index (κ2) is 40.4. The molecule has 29 nitrogen and oxygen atoms in total. The number of benzene rings is 2. The third-order valence-electron chi connectivity index (χ3n) is 20.5. The summed E-state index contributed by atoms with van der Waals surface area (Å²) < 4.78 is 129. The molecule has 0 saturated carbocycles. The molecule has 0 bridgehead atoms. The van der Waals surface area contributed by atoms with Gasteiger partial charge in [0, 0.05) is 39.5 Å².